The molecule has 3 nitrogen and oxygen atoms in total. The lowest BCUT2D eigenvalue weighted by atomic mass is 10.0. The number of ether oxygens (including phenoxy) is 1. The van der Waals surface area contributed by atoms with Crippen molar-refractivity contribution in [3.8, 4) is 17.9 Å². The molecular formula is C12H10N2O. The van der Waals surface area contributed by atoms with Crippen LogP contribution in [-0.2, 0) is 0 Å². The van der Waals surface area contributed by atoms with Gasteiger partial charge in [0.05, 0.1) is 30.4 Å². The zero-order chi connectivity index (χ0) is 11.3. The summed E-state index contributed by atoms with van der Waals surface area (Å²) < 4.78 is 5.01. The molecule has 0 amide bonds. The standard InChI is InChI=1S/C12H10N2O/c1-3-4-12-9(7-13)5-11(15-2)6-10(12)8-14/h3-6H,1-2H3/b4-3+. The summed E-state index contributed by atoms with van der Waals surface area (Å²) in [5, 5.41) is 17.9. The lowest BCUT2D eigenvalue weighted by molar-refractivity contribution is 0.414. The fraction of sp³-hybridized carbons (Fsp3) is 0.167. The van der Waals surface area contributed by atoms with E-state index in [1.807, 2.05) is 19.1 Å². The molecule has 3 heteroatoms. The van der Waals surface area contributed by atoms with E-state index in [1.165, 1.54) is 7.11 Å². The number of benzene rings is 1. The molecule has 0 saturated carbocycles. The van der Waals surface area contributed by atoms with E-state index in [2.05, 4.69) is 0 Å². The number of allylic oxidation sites excluding steroid dienone is 1. The van der Waals surface area contributed by atoms with Crippen molar-refractivity contribution in [2.75, 3.05) is 7.11 Å². The van der Waals surface area contributed by atoms with Crippen molar-refractivity contribution >= 4 is 6.08 Å². The first kappa shape index (κ1) is 10.8. The second-order valence-corrected chi connectivity index (χ2v) is 2.86. The third kappa shape index (κ3) is 2.15. The van der Waals surface area contributed by atoms with Crippen LogP contribution in [0.1, 0.15) is 23.6 Å². The molecule has 0 atom stereocenters. The van der Waals surface area contributed by atoms with E-state index < -0.39 is 0 Å². The molecule has 0 bridgehead atoms. The van der Waals surface area contributed by atoms with Gasteiger partial charge in [0.2, 0.25) is 0 Å². The van der Waals surface area contributed by atoms with E-state index >= 15 is 0 Å². The molecule has 0 fully saturated rings. The Morgan fingerprint density at radius 1 is 1.20 bits per heavy atom. The van der Waals surface area contributed by atoms with Crippen molar-refractivity contribution in [1.29, 1.82) is 10.5 Å². The molecule has 0 radical (unpaired) electrons. The molecule has 0 unspecified atom stereocenters. The first-order chi connectivity index (χ1) is 7.26. The third-order valence-corrected chi connectivity index (χ3v) is 1.96. The molecule has 0 aliphatic rings. The second-order valence-electron chi connectivity index (χ2n) is 2.86. The van der Waals surface area contributed by atoms with Crippen molar-refractivity contribution < 1.29 is 4.74 Å². The Balaban J connectivity index is 3.49. The molecular weight excluding hydrogens is 188 g/mol. The van der Waals surface area contributed by atoms with Crippen LogP contribution < -0.4 is 4.74 Å². The van der Waals surface area contributed by atoms with Gasteiger partial charge in [0.1, 0.15) is 5.75 Å². The van der Waals surface area contributed by atoms with Gasteiger partial charge in [0.15, 0.2) is 0 Å². The van der Waals surface area contributed by atoms with Crippen LogP contribution in [0.4, 0.5) is 0 Å². The minimum atomic E-state index is 0.448. The smallest absolute Gasteiger partial charge is 0.121 e. The van der Waals surface area contributed by atoms with Crippen LogP contribution in [0.15, 0.2) is 18.2 Å². The molecule has 1 rings (SSSR count). The average molecular weight is 198 g/mol. The first-order valence-electron chi connectivity index (χ1n) is 4.41. The summed E-state index contributed by atoms with van der Waals surface area (Å²) in [5.41, 5.74) is 1.54. The van der Waals surface area contributed by atoms with Gasteiger partial charge in [-0.1, -0.05) is 12.2 Å². The molecule has 0 aromatic heterocycles. The maximum absolute atomic E-state index is 8.94. The van der Waals surface area contributed by atoms with E-state index in [-0.39, 0.29) is 0 Å². The monoisotopic (exact) mass is 198 g/mol. The predicted molar refractivity (Wildman–Crippen MR) is 57.1 cm³/mol. The summed E-state index contributed by atoms with van der Waals surface area (Å²) >= 11 is 0. The molecule has 0 heterocycles. The van der Waals surface area contributed by atoms with E-state index in [0.29, 0.717) is 22.4 Å². The highest BCUT2D eigenvalue weighted by Gasteiger charge is 2.08. The fourth-order valence-corrected chi connectivity index (χ4v) is 1.28. The Hall–Kier alpha value is -2.26. The van der Waals surface area contributed by atoms with E-state index in [1.54, 1.807) is 24.3 Å². The van der Waals surface area contributed by atoms with Crippen molar-refractivity contribution in [2.24, 2.45) is 0 Å². The van der Waals surface area contributed by atoms with E-state index in [0.717, 1.165) is 0 Å². The van der Waals surface area contributed by atoms with Gasteiger partial charge in [-0.25, -0.2) is 0 Å². The Morgan fingerprint density at radius 2 is 1.73 bits per heavy atom. The molecule has 0 saturated heterocycles. The molecule has 1 aromatic rings. The van der Waals surface area contributed by atoms with Crippen LogP contribution in [0.5, 0.6) is 5.75 Å². The van der Waals surface area contributed by atoms with Gasteiger partial charge in [0, 0.05) is 5.56 Å². The number of nitrogens with zero attached hydrogens (tertiary/aromatic N) is 2. The molecule has 74 valence electrons. The number of nitriles is 2. The van der Waals surface area contributed by atoms with Crippen LogP contribution in [0.25, 0.3) is 6.08 Å². The summed E-state index contributed by atoms with van der Waals surface area (Å²) in [6, 6.07) is 7.34. The van der Waals surface area contributed by atoms with Crippen molar-refractivity contribution in [3.63, 3.8) is 0 Å². The van der Waals surface area contributed by atoms with E-state index in [9.17, 15) is 0 Å². The Labute approximate surface area is 88.8 Å². The Morgan fingerprint density at radius 3 is 2.07 bits per heavy atom. The summed E-state index contributed by atoms with van der Waals surface area (Å²) in [4.78, 5) is 0. The van der Waals surface area contributed by atoms with Crippen molar-refractivity contribution in [1.82, 2.24) is 0 Å². The van der Waals surface area contributed by atoms with Gasteiger partial charge in [-0.2, -0.15) is 10.5 Å². The lowest BCUT2D eigenvalue weighted by Gasteiger charge is -2.05. The molecule has 15 heavy (non-hydrogen) atoms. The number of hydrogen-bond acceptors (Lipinski definition) is 3. The fourth-order valence-electron chi connectivity index (χ4n) is 1.28. The van der Waals surface area contributed by atoms with Gasteiger partial charge < -0.3 is 4.74 Å². The van der Waals surface area contributed by atoms with Crippen LogP contribution in [-0.4, -0.2) is 7.11 Å². The van der Waals surface area contributed by atoms with Gasteiger partial charge in [-0.15, -0.1) is 0 Å². The molecule has 1 aromatic carbocycles. The predicted octanol–water partition coefficient (Wildman–Crippen LogP) is 2.47. The van der Waals surface area contributed by atoms with Crippen molar-refractivity contribution in [2.45, 2.75) is 6.92 Å². The number of methoxy groups -OCH3 is 1. The highest BCUT2D eigenvalue weighted by molar-refractivity contribution is 5.66. The second kappa shape index (κ2) is 4.83. The van der Waals surface area contributed by atoms with Gasteiger partial charge in [-0.3, -0.25) is 0 Å². The topological polar surface area (TPSA) is 56.8 Å². The molecule has 0 aliphatic carbocycles. The van der Waals surface area contributed by atoms with E-state index in [4.69, 9.17) is 15.3 Å². The molecule has 0 spiro atoms. The zero-order valence-corrected chi connectivity index (χ0v) is 8.61. The molecule has 0 N–H and O–H groups in total. The number of hydrogen-bond donors (Lipinski definition) is 0. The van der Waals surface area contributed by atoms with Crippen LogP contribution in [0.2, 0.25) is 0 Å². The molecule has 0 aliphatic heterocycles. The maximum atomic E-state index is 8.94. The average Bonchev–Trinajstić information content (AvgIpc) is 2.29. The third-order valence-electron chi connectivity index (χ3n) is 1.96. The zero-order valence-electron chi connectivity index (χ0n) is 8.61. The van der Waals surface area contributed by atoms with Crippen molar-refractivity contribution in [3.05, 3.63) is 34.9 Å². The largest absolute Gasteiger partial charge is 0.497 e. The summed E-state index contributed by atoms with van der Waals surface area (Å²) in [5.74, 6) is 0.524. The van der Waals surface area contributed by atoms with Gasteiger partial charge in [0.25, 0.3) is 0 Å². The quantitative estimate of drug-likeness (QED) is 0.733. The summed E-state index contributed by atoms with van der Waals surface area (Å²) in [6.45, 7) is 1.84. The lowest BCUT2D eigenvalue weighted by Crippen LogP contribution is -1.92. The summed E-state index contributed by atoms with van der Waals surface area (Å²) in [6.07, 6.45) is 3.54. The van der Waals surface area contributed by atoms with Crippen LogP contribution >= 0.6 is 0 Å². The van der Waals surface area contributed by atoms with Gasteiger partial charge in [-0.05, 0) is 19.1 Å². The summed E-state index contributed by atoms with van der Waals surface area (Å²) in [7, 11) is 1.51. The van der Waals surface area contributed by atoms with Gasteiger partial charge >= 0.3 is 0 Å². The normalized spacial score (nSPS) is 9.60. The highest BCUT2D eigenvalue weighted by Crippen LogP contribution is 2.22. The number of rotatable bonds is 2. The maximum Gasteiger partial charge on any atom is 0.121 e. The van der Waals surface area contributed by atoms with Crippen LogP contribution in [0, 0.1) is 22.7 Å². The minimum Gasteiger partial charge on any atom is -0.497 e. The SMILES string of the molecule is C/C=C/c1c(C#N)cc(OC)cc1C#N. The first-order valence-corrected chi connectivity index (χ1v) is 4.41. The Bertz CT molecular complexity index is 440. The van der Waals surface area contributed by atoms with Crippen LogP contribution in [0.3, 0.4) is 0 Å². The minimum absolute atomic E-state index is 0.448. The highest BCUT2D eigenvalue weighted by atomic mass is 16.5. The Kier molecular flexibility index (Phi) is 3.49.